The molecule has 34 nitrogen and oxygen atoms in total. The average molecular weight is 2110 g/mol. The number of pyridine rings is 4. The molecule has 4 atom stereocenters. The maximum Gasteiger partial charge on any atom is 0.569 e. The van der Waals surface area contributed by atoms with E-state index in [9.17, 15) is 60.3 Å². The van der Waals surface area contributed by atoms with Gasteiger partial charge in [0.05, 0.1) is 73.1 Å². The van der Waals surface area contributed by atoms with Crippen molar-refractivity contribution in [1.29, 1.82) is 0 Å². The normalized spacial score (nSPS) is 14.7. The maximum atomic E-state index is 14.9. The zero-order valence-electron chi connectivity index (χ0n) is 84.3. The quantitative estimate of drug-likeness (QED) is 0.0268. The van der Waals surface area contributed by atoms with E-state index in [1.165, 1.54) is 40.0 Å². The molecule has 9 N–H and O–H groups in total. The van der Waals surface area contributed by atoms with Gasteiger partial charge in [0.2, 0.25) is 0 Å². The van der Waals surface area contributed by atoms with Crippen molar-refractivity contribution in [2.45, 2.75) is 263 Å². The summed E-state index contributed by atoms with van der Waals surface area (Å²) in [5, 5.41) is 14.5. The Hall–Kier alpha value is -11.9. The van der Waals surface area contributed by atoms with Crippen molar-refractivity contribution in [1.82, 2.24) is 89.4 Å². The lowest BCUT2D eigenvalue weighted by molar-refractivity contribution is 0.0101. The third-order valence-electron chi connectivity index (χ3n) is 21.4. The van der Waals surface area contributed by atoms with Gasteiger partial charge < -0.3 is 56.0 Å². The zero-order chi connectivity index (χ0) is 107. The number of aromatic nitrogens is 14. The van der Waals surface area contributed by atoms with Crippen LogP contribution < -0.4 is 53.9 Å². The highest BCUT2D eigenvalue weighted by Crippen LogP contribution is 2.38. The minimum absolute atomic E-state index is 0.0185. The Kier molecular flexibility index (Phi) is 42.5. The molecule has 0 spiro atoms. The SMILES string of the molecule is CC(C)c1cccc(C(C)C)c1NC(=O)NC(=O)c1cc(F)c(Cl)nc1Cl.CC(C)c1ncnc(C(C)C)c1-n1c(=O)[nH]c(=O)c2cc(F)c(Cl)nc21.CC(C)c1ncnc(C(C)C)c1-n1c(=O)nc(N2C[C@@H](C)N(C(=O)OC(C)(C)C)C[C@@H]2C)c2cc(F)c(Cl)nc21.CC(C)c1ncnc(C(C)C)c1N.C[C@@H]1CN[C@@H](C)CN1C(=O)OC(C)(C)C.NC(=O)c1cc(F)c(Cl)nc1Cl.O[B]Oc1ccccc1F. The summed E-state index contributed by atoms with van der Waals surface area (Å²) in [6.07, 6.45) is 3.90. The number of rotatable bonds is 16. The van der Waals surface area contributed by atoms with E-state index in [1.807, 2.05) is 168 Å². The van der Waals surface area contributed by atoms with Crippen LogP contribution in [0.25, 0.3) is 33.4 Å². The van der Waals surface area contributed by atoms with Gasteiger partial charge in [0, 0.05) is 56.0 Å². The lowest BCUT2D eigenvalue weighted by atomic mass is 9.93. The second kappa shape index (κ2) is 51.5. The molecule has 2 aliphatic heterocycles. The number of H-pyrrole nitrogens is 1. The number of nitrogens with zero attached hydrogens (tertiary/aromatic N) is 16. The third-order valence-corrected chi connectivity index (χ3v) is 23.0. The Morgan fingerprint density at radius 1 is 0.490 bits per heavy atom. The number of aromatic amines is 1. The molecule has 2 aromatic carbocycles. The predicted octanol–water partition coefficient (Wildman–Crippen LogP) is 20.4. The van der Waals surface area contributed by atoms with E-state index >= 15 is 0 Å². The zero-order valence-corrected chi connectivity index (χ0v) is 88.9. The predicted molar refractivity (Wildman–Crippen MR) is 547 cm³/mol. The summed E-state index contributed by atoms with van der Waals surface area (Å²) in [6.45, 7) is 53.2. The number of carbonyl (C=O) groups is 5. The lowest BCUT2D eigenvalue weighted by Gasteiger charge is -2.44. The Labute approximate surface area is 856 Å². The van der Waals surface area contributed by atoms with Gasteiger partial charge in [0.1, 0.15) is 52.1 Å². The molecule has 0 aliphatic carbocycles. The van der Waals surface area contributed by atoms with Crippen LogP contribution in [-0.4, -0.2) is 183 Å². The molecular formula is C97H121BCl6F5N22O12. The van der Waals surface area contributed by atoms with E-state index in [2.05, 4.69) is 115 Å². The fourth-order valence-electron chi connectivity index (χ4n) is 14.6. The summed E-state index contributed by atoms with van der Waals surface area (Å²) in [5.41, 5.74) is 16.0. The van der Waals surface area contributed by atoms with E-state index in [4.69, 9.17) is 95.6 Å². The van der Waals surface area contributed by atoms with E-state index in [0.29, 0.717) is 83.9 Å². The molecule has 2 saturated heterocycles. The number of nitrogens with one attached hydrogen (secondary N) is 4. The summed E-state index contributed by atoms with van der Waals surface area (Å²) in [7, 11) is 0.443. The molecule has 13 rings (SSSR count). The number of piperazine rings is 2. The van der Waals surface area contributed by atoms with Gasteiger partial charge in [0.15, 0.2) is 61.0 Å². The Morgan fingerprint density at radius 3 is 1.33 bits per heavy atom. The highest BCUT2D eigenvalue weighted by molar-refractivity contribution is 6.36. The lowest BCUT2D eigenvalue weighted by Crippen LogP contribution is -2.59. The van der Waals surface area contributed by atoms with Crippen molar-refractivity contribution >= 4 is 147 Å². The van der Waals surface area contributed by atoms with Crippen molar-refractivity contribution in [3.8, 4) is 17.1 Å². The van der Waals surface area contributed by atoms with Gasteiger partial charge in [-0.05, 0) is 164 Å². The van der Waals surface area contributed by atoms with Crippen molar-refractivity contribution in [2.75, 3.05) is 42.1 Å². The summed E-state index contributed by atoms with van der Waals surface area (Å²) < 4.78 is 85.4. The Morgan fingerprint density at radius 2 is 0.895 bits per heavy atom. The number of imide groups is 1. The maximum absolute atomic E-state index is 14.9. The van der Waals surface area contributed by atoms with Gasteiger partial charge in [-0.25, -0.2) is 105 Å². The van der Waals surface area contributed by atoms with Crippen LogP contribution in [0, 0.1) is 29.1 Å². The van der Waals surface area contributed by atoms with Crippen LogP contribution >= 0.6 is 69.6 Å². The first-order chi connectivity index (χ1) is 66.6. The fraction of sp³-hybridized carbons (Fsp3) is 0.454. The number of fused-ring (bicyclic) bond motifs is 2. The number of amides is 6. The second-order valence-corrected chi connectivity index (χ2v) is 40.1. The van der Waals surface area contributed by atoms with E-state index in [-0.39, 0.29) is 120 Å². The number of ether oxygens (including phenoxy) is 2. The smallest absolute Gasteiger partial charge is 0.535 e. The summed E-state index contributed by atoms with van der Waals surface area (Å²) in [5.74, 6) is -4.33. The highest BCUT2D eigenvalue weighted by Gasteiger charge is 2.39. The topological polar surface area (TPSA) is 450 Å². The molecule has 6 amide bonds. The molecule has 0 bridgehead atoms. The number of para-hydroxylation sites is 2. The first-order valence-corrected chi connectivity index (χ1v) is 47.9. The molecule has 143 heavy (non-hydrogen) atoms. The van der Waals surface area contributed by atoms with Crippen molar-refractivity contribution < 1.29 is 65.1 Å². The molecule has 0 unspecified atom stereocenters. The molecule has 2 aliphatic rings. The van der Waals surface area contributed by atoms with Crippen LogP contribution in [0.4, 0.5) is 53.5 Å². The number of nitrogens with two attached hydrogens (primary N) is 2. The summed E-state index contributed by atoms with van der Waals surface area (Å²) >= 11 is 34.0. The summed E-state index contributed by atoms with van der Waals surface area (Å²) in [4.78, 5) is 152. The van der Waals surface area contributed by atoms with Gasteiger partial charge in [0.25, 0.3) is 17.4 Å². The van der Waals surface area contributed by atoms with E-state index < -0.39 is 91.5 Å². The molecule has 9 aromatic heterocycles. The van der Waals surface area contributed by atoms with Gasteiger partial charge in [-0.15, -0.1) is 0 Å². The number of benzene rings is 2. The average Bonchev–Trinajstić information content (AvgIpc) is 0.741. The number of carbonyl (C=O) groups excluding carboxylic acids is 5. The number of hydrogen-bond donors (Lipinski definition) is 7. The number of anilines is 3. The molecule has 771 valence electrons. The van der Waals surface area contributed by atoms with Crippen LogP contribution in [0.15, 0.2) is 100 Å². The van der Waals surface area contributed by atoms with Gasteiger partial charge in [-0.2, -0.15) is 4.98 Å². The molecular weight excluding hydrogens is 1980 g/mol. The molecule has 0 saturated carbocycles. The Bertz CT molecular complexity index is 6490. The van der Waals surface area contributed by atoms with Crippen LogP contribution in [0.3, 0.4) is 0 Å². The largest absolute Gasteiger partial charge is 0.569 e. The van der Waals surface area contributed by atoms with Crippen LogP contribution in [0.2, 0.25) is 30.9 Å². The van der Waals surface area contributed by atoms with E-state index in [0.717, 1.165) is 59.5 Å². The van der Waals surface area contributed by atoms with Crippen LogP contribution in [0.1, 0.15) is 293 Å². The van der Waals surface area contributed by atoms with Crippen molar-refractivity contribution in [3.05, 3.63) is 233 Å². The standard InChI is InChI=1S/C28H37ClFN7O3.C19H20Cl2FN3O2.C17H17ClFN5O2.C11H22N2O2.C10H17N3.C6H5BFO2.C6H3Cl2FN2O/c1-14(2)20-22(21(15(3)4)32-13-31-20)37-25-18(10-19(30)23(29)33-25)24(34-26(37)38)35-11-17(6)36(12-16(35)5)27(39)40-28(7,8)9;1-9(2)11-6-5-7-12(10(3)4)15(11)23-19(27)25-18(26)13-8-14(22)17(21)24-16(13)20;1-7(2)11-13(12(8(3)4)21-6-20-11)24-15-9(16(25)23-17(24)26)5-10(19)14(18)22-15;1-8-7-13(9(2)6-12-8)10(14)15-11(3,4)5;1-6(2)9-8(11)10(7(3)4)13-5-12-9;8-5-3-1-2-4-6(5)10-7-9;7-4-2(6(10)12)1-3(9)5(8)11-4/h10,13-17H,11-12H2,1-9H3;5-10H,1-4H3,(H2,23,25,26,27);5-8H,1-4H3,(H,23,25,26);8-9,12H,6-7H2,1-5H3;5-7H,11H2,1-4H3;1-4,9H;1H,(H2,10,12)/t16-,17+;;;8-,9+;;;/m0..0.../s1. The molecule has 46 heteroatoms. The van der Waals surface area contributed by atoms with Gasteiger partial charge >= 0.3 is 37.3 Å². The molecule has 11 heterocycles. The van der Waals surface area contributed by atoms with Crippen molar-refractivity contribution in [2.24, 2.45) is 5.73 Å². The number of halogens is 11. The van der Waals surface area contributed by atoms with E-state index in [1.54, 1.807) is 28.3 Å². The van der Waals surface area contributed by atoms with Crippen LogP contribution in [0.5, 0.6) is 5.75 Å². The van der Waals surface area contributed by atoms with Gasteiger partial charge in [-0.3, -0.25) is 24.7 Å². The number of primary amides is 1. The highest BCUT2D eigenvalue weighted by atomic mass is 35.5. The third kappa shape index (κ3) is 31.3. The molecule has 11 aromatic rings. The van der Waals surface area contributed by atoms with Gasteiger partial charge in [-0.1, -0.05) is 211 Å². The Balaban J connectivity index is 0.000000239. The number of nitrogen functional groups attached to an aromatic ring is 1. The molecule has 2 fully saturated rings. The first-order valence-electron chi connectivity index (χ1n) is 45.7. The minimum atomic E-state index is -0.904. The minimum Gasteiger partial charge on any atom is -0.535 e. The number of urea groups is 1. The molecule has 1 radical (unpaired) electrons. The van der Waals surface area contributed by atoms with Crippen molar-refractivity contribution in [3.63, 3.8) is 0 Å². The second-order valence-electron chi connectivity index (χ2n) is 37.9. The number of hydrogen-bond acceptors (Lipinski definition) is 26. The monoisotopic (exact) mass is 2100 g/mol. The first kappa shape index (κ1) is 118. The van der Waals surface area contributed by atoms with Crippen LogP contribution in [-0.2, 0) is 9.47 Å². The fourth-order valence-corrected chi connectivity index (χ4v) is 15.6. The summed E-state index contributed by atoms with van der Waals surface area (Å²) in [6, 6.07) is 14.8.